The Kier molecular flexibility index (Phi) is 4.93. The summed E-state index contributed by atoms with van der Waals surface area (Å²) in [5, 5.41) is 12.7. The fraction of sp³-hybridized carbons (Fsp3) is 0.263. The highest BCUT2D eigenvalue weighted by Gasteiger charge is 2.32. The van der Waals surface area contributed by atoms with Crippen molar-refractivity contribution in [2.24, 2.45) is 10.9 Å². The van der Waals surface area contributed by atoms with Gasteiger partial charge in [-0.2, -0.15) is 0 Å². The van der Waals surface area contributed by atoms with E-state index >= 15 is 0 Å². The number of nitrogens with zero attached hydrogens (tertiary/aromatic N) is 1. The molecule has 2 aromatic rings. The van der Waals surface area contributed by atoms with Crippen LogP contribution in [0.15, 0.2) is 52.4 Å². The first-order valence-electron chi connectivity index (χ1n) is 8.49. The molecule has 1 aliphatic rings. The summed E-state index contributed by atoms with van der Waals surface area (Å²) in [6.07, 6.45) is 0. The van der Waals surface area contributed by atoms with Crippen LogP contribution in [0.5, 0.6) is 5.75 Å². The summed E-state index contributed by atoms with van der Waals surface area (Å²) < 4.78 is 26.9. The summed E-state index contributed by atoms with van der Waals surface area (Å²) in [7, 11) is -3.67. The number of hydrogen-bond acceptors (Lipinski definition) is 5. The molecular weight excluding hydrogens is 366 g/mol. The van der Waals surface area contributed by atoms with Crippen molar-refractivity contribution < 1.29 is 18.3 Å². The molecule has 0 aliphatic carbocycles. The minimum absolute atomic E-state index is 0.0366. The first-order valence-corrected chi connectivity index (χ1v) is 9.98. The number of sulfonamides is 1. The number of hydrogen-bond donors (Lipinski definition) is 3. The highest BCUT2D eigenvalue weighted by molar-refractivity contribution is 7.90. The summed E-state index contributed by atoms with van der Waals surface area (Å²) in [5.41, 5.74) is 1.58. The van der Waals surface area contributed by atoms with E-state index in [0.29, 0.717) is 5.56 Å². The number of rotatable bonds is 4. The van der Waals surface area contributed by atoms with Crippen molar-refractivity contribution in [3.8, 4) is 5.75 Å². The monoisotopic (exact) mass is 387 g/mol. The zero-order chi connectivity index (χ0) is 19.8. The maximum absolute atomic E-state index is 12.7. The summed E-state index contributed by atoms with van der Waals surface area (Å²) >= 11 is 0. The standard InChI is InChI=1S/C19H21N3O4S/c1-11(2)17(19(24)20-14-9-8-12(3)10-15(14)23)21-18-13-6-4-5-7-16(13)27(25,26)22-18/h4-11,17,23H,1-3H3,(H,20,24)(H,21,22)/t17-/m0/s1. The number of aryl methyl sites for hydroxylation is 1. The number of amidine groups is 1. The number of amides is 1. The Morgan fingerprint density at radius 2 is 1.89 bits per heavy atom. The van der Waals surface area contributed by atoms with Crippen molar-refractivity contribution in [3.05, 3.63) is 53.6 Å². The number of anilines is 1. The number of benzene rings is 2. The van der Waals surface area contributed by atoms with E-state index in [1.165, 1.54) is 6.07 Å². The number of phenols is 1. The lowest BCUT2D eigenvalue weighted by atomic mass is 10.0. The molecule has 3 rings (SSSR count). The molecule has 142 valence electrons. The van der Waals surface area contributed by atoms with Crippen molar-refractivity contribution >= 4 is 27.5 Å². The fourth-order valence-corrected chi connectivity index (χ4v) is 4.07. The molecule has 0 saturated heterocycles. The van der Waals surface area contributed by atoms with Crippen molar-refractivity contribution in [1.82, 2.24) is 4.72 Å². The van der Waals surface area contributed by atoms with Crippen molar-refractivity contribution in [3.63, 3.8) is 0 Å². The fourth-order valence-electron chi connectivity index (χ4n) is 2.83. The van der Waals surface area contributed by atoms with Crippen molar-refractivity contribution in [2.75, 3.05) is 5.32 Å². The van der Waals surface area contributed by atoms with E-state index in [1.54, 1.807) is 36.4 Å². The van der Waals surface area contributed by atoms with E-state index in [0.717, 1.165) is 5.56 Å². The lowest BCUT2D eigenvalue weighted by Crippen LogP contribution is -2.34. The number of phenolic OH excluding ortho intramolecular Hbond substituents is 1. The van der Waals surface area contributed by atoms with Gasteiger partial charge in [0.1, 0.15) is 17.6 Å². The van der Waals surface area contributed by atoms with Crippen molar-refractivity contribution in [1.29, 1.82) is 0 Å². The molecule has 1 amide bonds. The SMILES string of the molecule is Cc1ccc(NC(=O)[C@@H](N=C2NS(=O)(=O)c3ccccc32)C(C)C)c(O)c1. The second kappa shape index (κ2) is 7.03. The van der Waals surface area contributed by atoms with Crippen LogP contribution in [0.1, 0.15) is 25.0 Å². The quantitative estimate of drug-likeness (QED) is 0.700. The molecule has 0 fully saturated rings. The lowest BCUT2D eigenvalue weighted by molar-refractivity contribution is -0.118. The highest BCUT2D eigenvalue weighted by Crippen LogP contribution is 2.26. The Bertz CT molecular complexity index is 1030. The van der Waals surface area contributed by atoms with Crippen LogP contribution in [0.4, 0.5) is 5.69 Å². The molecule has 0 saturated carbocycles. The van der Waals surface area contributed by atoms with Gasteiger partial charge in [-0.3, -0.25) is 14.5 Å². The molecule has 0 spiro atoms. The third-order valence-electron chi connectivity index (χ3n) is 4.24. The predicted molar refractivity (Wildman–Crippen MR) is 103 cm³/mol. The molecule has 27 heavy (non-hydrogen) atoms. The maximum atomic E-state index is 12.7. The van der Waals surface area contributed by atoms with Gasteiger partial charge in [-0.15, -0.1) is 0 Å². The molecule has 0 radical (unpaired) electrons. The Hall–Kier alpha value is -2.87. The van der Waals surface area contributed by atoms with Crippen LogP contribution in [-0.2, 0) is 14.8 Å². The first kappa shape index (κ1) is 18.9. The van der Waals surface area contributed by atoms with Gasteiger partial charge in [0, 0.05) is 5.56 Å². The van der Waals surface area contributed by atoms with Gasteiger partial charge in [-0.1, -0.05) is 32.0 Å². The van der Waals surface area contributed by atoms with Gasteiger partial charge in [0.15, 0.2) is 0 Å². The Labute approximate surface area is 158 Å². The Morgan fingerprint density at radius 3 is 2.56 bits per heavy atom. The number of nitrogens with one attached hydrogen (secondary N) is 2. The maximum Gasteiger partial charge on any atom is 0.263 e. The summed E-state index contributed by atoms with van der Waals surface area (Å²) in [6.45, 7) is 5.47. The highest BCUT2D eigenvalue weighted by atomic mass is 32.2. The van der Waals surface area contributed by atoms with Gasteiger partial charge in [0.2, 0.25) is 5.91 Å². The molecule has 1 atom stereocenters. The average Bonchev–Trinajstić information content (AvgIpc) is 2.86. The second-order valence-corrected chi connectivity index (χ2v) is 8.43. The predicted octanol–water partition coefficient (Wildman–Crippen LogP) is 2.40. The van der Waals surface area contributed by atoms with Gasteiger partial charge in [0.05, 0.1) is 10.6 Å². The summed E-state index contributed by atoms with van der Waals surface area (Å²) in [5.74, 6) is -0.513. The second-order valence-electron chi connectivity index (χ2n) is 6.78. The number of fused-ring (bicyclic) bond motifs is 1. The van der Waals surface area contributed by atoms with Gasteiger partial charge in [-0.05, 0) is 42.7 Å². The van der Waals surface area contributed by atoms with E-state index < -0.39 is 22.0 Å². The molecule has 0 bridgehead atoms. The van der Waals surface area contributed by atoms with E-state index in [2.05, 4.69) is 15.0 Å². The van der Waals surface area contributed by atoms with Crippen molar-refractivity contribution in [2.45, 2.75) is 31.7 Å². The van der Waals surface area contributed by atoms with E-state index in [4.69, 9.17) is 0 Å². The smallest absolute Gasteiger partial charge is 0.263 e. The van der Waals surface area contributed by atoms with Crippen LogP contribution in [0, 0.1) is 12.8 Å². The molecule has 0 aromatic heterocycles. The first-order chi connectivity index (χ1) is 12.7. The van der Waals surface area contributed by atoms with Crippen LogP contribution in [0.2, 0.25) is 0 Å². The van der Waals surface area contributed by atoms with Crippen LogP contribution in [0.25, 0.3) is 0 Å². The molecular formula is C19H21N3O4S. The number of aromatic hydroxyl groups is 1. The van der Waals surface area contributed by atoms with E-state index in [-0.39, 0.29) is 28.1 Å². The minimum atomic E-state index is -3.67. The third kappa shape index (κ3) is 3.80. The van der Waals surface area contributed by atoms with Crippen LogP contribution < -0.4 is 10.0 Å². The van der Waals surface area contributed by atoms with E-state index in [1.807, 2.05) is 20.8 Å². The molecule has 0 unspecified atom stereocenters. The average molecular weight is 387 g/mol. The number of carbonyl (C=O) groups is 1. The van der Waals surface area contributed by atoms with Gasteiger partial charge in [-0.25, -0.2) is 8.42 Å². The van der Waals surface area contributed by atoms with Gasteiger partial charge in [0.25, 0.3) is 10.0 Å². The number of carbonyl (C=O) groups excluding carboxylic acids is 1. The number of aliphatic imine (C=N–C) groups is 1. The normalized spacial score (nSPS) is 17.4. The minimum Gasteiger partial charge on any atom is -0.506 e. The lowest BCUT2D eigenvalue weighted by Gasteiger charge is -2.18. The van der Waals surface area contributed by atoms with Crippen LogP contribution in [0.3, 0.4) is 0 Å². The summed E-state index contributed by atoms with van der Waals surface area (Å²) in [4.78, 5) is 17.3. The molecule has 7 nitrogen and oxygen atoms in total. The molecule has 2 aromatic carbocycles. The van der Waals surface area contributed by atoms with Crippen LogP contribution in [-0.4, -0.2) is 31.3 Å². The zero-order valence-electron chi connectivity index (χ0n) is 15.2. The molecule has 1 aliphatic heterocycles. The topological polar surface area (TPSA) is 108 Å². The molecule has 1 heterocycles. The largest absolute Gasteiger partial charge is 0.506 e. The van der Waals surface area contributed by atoms with Gasteiger partial charge >= 0.3 is 0 Å². The molecule has 3 N–H and O–H groups in total. The summed E-state index contributed by atoms with van der Waals surface area (Å²) in [6, 6.07) is 10.6. The Morgan fingerprint density at radius 1 is 1.19 bits per heavy atom. The van der Waals surface area contributed by atoms with Gasteiger partial charge < -0.3 is 10.4 Å². The Balaban J connectivity index is 1.93. The third-order valence-corrected chi connectivity index (χ3v) is 5.64. The molecule has 8 heteroatoms. The zero-order valence-corrected chi connectivity index (χ0v) is 16.0. The van der Waals surface area contributed by atoms with E-state index in [9.17, 15) is 18.3 Å². The van der Waals surface area contributed by atoms with Crippen LogP contribution >= 0.6 is 0 Å².